The van der Waals surface area contributed by atoms with Gasteiger partial charge in [-0.05, 0) is 45.3 Å². The molecule has 2 rings (SSSR count). The summed E-state index contributed by atoms with van der Waals surface area (Å²) in [6.07, 6.45) is 8.73. The van der Waals surface area contributed by atoms with Gasteiger partial charge in [0, 0.05) is 18.8 Å². The molecule has 1 fully saturated rings. The predicted molar refractivity (Wildman–Crippen MR) is 69.7 cm³/mol. The summed E-state index contributed by atoms with van der Waals surface area (Å²) in [5.41, 5.74) is 7.24. The number of rotatable bonds is 6. The molecule has 0 aliphatic carbocycles. The third-order valence-electron chi connectivity index (χ3n) is 3.64. The van der Waals surface area contributed by atoms with Crippen molar-refractivity contribution < 1.29 is 0 Å². The highest BCUT2D eigenvalue weighted by molar-refractivity contribution is 5.04. The molecule has 0 bridgehead atoms. The van der Waals surface area contributed by atoms with Crippen molar-refractivity contribution in [1.29, 1.82) is 0 Å². The third-order valence-corrected chi connectivity index (χ3v) is 3.64. The number of nitrogens with zero attached hydrogens (tertiary/aromatic N) is 3. The first-order valence-corrected chi connectivity index (χ1v) is 6.79. The van der Waals surface area contributed by atoms with Crippen molar-refractivity contribution in [2.45, 2.75) is 45.2 Å². The lowest BCUT2D eigenvalue weighted by Crippen LogP contribution is -2.22. The number of hydrogen-bond donors (Lipinski definition) is 1. The molecule has 4 nitrogen and oxygen atoms in total. The summed E-state index contributed by atoms with van der Waals surface area (Å²) in [5, 5.41) is 0. The van der Waals surface area contributed by atoms with E-state index in [0.29, 0.717) is 0 Å². The van der Waals surface area contributed by atoms with Crippen molar-refractivity contribution in [3.63, 3.8) is 0 Å². The van der Waals surface area contributed by atoms with Crippen LogP contribution in [-0.4, -0.2) is 34.1 Å². The maximum atomic E-state index is 6.06. The number of likely N-dealkylation sites (tertiary alicyclic amines) is 1. The van der Waals surface area contributed by atoms with Crippen molar-refractivity contribution in [2.24, 2.45) is 5.73 Å². The Morgan fingerprint density at radius 2 is 2.12 bits per heavy atom. The maximum Gasteiger partial charge on any atom is 0.0948 e. The van der Waals surface area contributed by atoms with Gasteiger partial charge in [0.1, 0.15) is 0 Å². The van der Waals surface area contributed by atoms with Gasteiger partial charge in [0.15, 0.2) is 0 Å². The molecular weight excluding hydrogens is 212 g/mol. The fourth-order valence-corrected chi connectivity index (χ4v) is 2.51. The van der Waals surface area contributed by atoms with Gasteiger partial charge in [-0.25, -0.2) is 4.98 Å². The molecular formula is C13H24N4. The molecule has 1 aliphatic rings. The van der Waals surface area contributed by atoms with Gasteiger partial charge in [-0.2, -0.15) is 0 Å². The van der Waals surface area contributed by atoms with Crippen LogP contribution in [0.4, 0.5) is 0 Å². The summed E-state index contributed by atoms with van der Waals surface area (Å²) in [6, 6.07) is 0.129. The summed E-state index contributed by atoms with van der Waals surface area (Å²) in [7, 11) is 0. The normalized spacial score (nSPS) is 18.7. The lowest BCUT2D eigenvalue weighted by Gasteiger charge is -2.16. The molecule has 2 N–H and O–H groups in total. The summed E-state index contributed by atoms with van der Waals surface area (Å²) in [5.74, 6) is 0. The Hall–Kier alpha value is -0.870. The number of aryl methyl sites for hydroxylation is 1. The topological polar surface area (TPSA) is 47.1 Å². The summed E-state index contributed by atoms with van der Waals surface area (Å²) in [6.45, 7) is 6.93. The van der Waals surface area contributed by atoms with Crippen molar-refractivity contribution >= 4 is 0 Å². The average Bonchev–Trinajstić information content (AvgIpc) is 2.99. The van der Waals surface area contributed by atoms with Crippen LogP contribution in [0.3, 0.4) is 0 Å². The van der Waals surface area contributed by atoms with E-state index in [9.17, 15) is 0 Å². The first kappa shape index (κ1) is 12.6. The monoisotopic (exact) mass is 236 g/mol. The van der Waals surface area contributed by atoms with E-state index in [1.807, 2.05) is 12.5 Å². The van der Waals surface area contributed by atoms with E-state index < -0.39 is 0 Å². The molecule has 2 heterocycles. The average molecular weight is 236 g/mol. The summed E-state index contributed by atoms with van der Waals surface area (Å²) >= 11 is 0. The van der Waals surface area contributed by atoms with Crippen LogP contribution >= 0.6 is 0 Å². The summed E-state index contributed by atoms with van der Waals surface area (Å²) in [4.78, 5) is 6.76. The molecule has 96 valence electrons. The van der Waals surface area contributed by atoms with Crippen molar-refractivity contribution in [3.05, 3.63) is 18.2 Å². The highest BCUT2D eigenvalue weighted by Gasteiger charge is 2.12. The lowest BCUT2D eigenvalue weighted by molar-refractivity contribution is 0.324. The molecule has 1 aliphatic heterocycles. The van der Waals surface area contributed by atoms with Gasteiger partial charge in [-0.15, -0.1) is 0 Å². The van der Waals surface area contributed by atoms with Crippen LogP contribution in [0.15, 0.2) is 12.5 Å². The van der Waals surface area contributed by atoms with E-state index in [0.717, 1.165) is 13.0 Å². The van der Waals surface area contributed by atoms with E-state index in [1.54, 1.807) is 0 Å². The molecule has 4 heteroatoms. The van der Waals surface area contributed by atoms with E-state index in [1.165, 1.54) is 44.6 Å². The molecule has 1 aromatic heterocycles. The zero-order valence-corrected chi connectivity index (χ0v) is 10.8. The first-order valence-electron chi connectivity index (χ1n) is 6.79. The van der Waals surface area contributed by atoms with Crippen LogP contribution in [0, 0.1) is 0 Å². The van der Waals surface area contributed by atoms with Crippen LogP contribution in [0.25, 0.3) is 0 Å². The van der Waals surface area contributed by atoms with Gasteiger partial charge in [0.05, 0.1) is 12.0 Å². The van der Waals surface area contributed by atoms with Crippen molar-refractivity contribution in [1.82, 2.24) is 14.5 Å². The first-order chi connectivity index (χ1) is 8.31. The molecule has 17 heavy (non-hydrogen) atoms. The van der Waals surface area contributed by atoms with Gasteiger partial charge in [0.2, 0.25) is 0 Å². The van der Waals surface area contributed by atoms with Crippen LogP contribution in [0.5, 0.6) is 0 Å². The van der Waals surface area contributed by atoms with Gasteiger partial charge in [-0.3, -0.25) is 0 Å². The van der Waals surface area contributed by atoms with Gasteiger partial charge in [-0.1, -0.05) is 6.92 Å². The Labute approximate surface area is 104 Å². The highest BCUT2D eigenvalue weighted by atomic mass is 15.1. The Morgan fingerprint density at radius 1 is 1.35 bits per heavy atom. The second-order valence-corrected chi connectivity index (χ2v) is 4.93. The van der Waals surface area contributed by atoms with Crippen LogP contribution in [0.1, 0.15) is 44.3 Å². The minimum atomic E-state index is 0.129. The Morgan fingerprint density at radius 3 is 2.82 bits per heavy atom. The second kappa shape index (κ2) is 6.17. The van der Waals surface area contributed by atoms with Crippen molar-refractivity contribution in [3.8, 4) is 0 Å². The number of hydrogen-bond acceptors (Lipinski definition) is 3. The van der Waals surface area contributed by atoms with E-state index in [2.05, 4.69) is 21.4 Å². The zero-order valence-electron chi connectivity index (χ0n) is 10.8. The quantitative estimate of drug-likeness (QED) is 0.819. The Balaban J connectivity index is 1.79. The fourth-order valence-electron chi connectivity index (χ4n) is 2.51. The Kier molecular flexibility index (Phi) is 4.57. The SMILES string of the molecule is CC[C@@H](N)c1cncn1CCCN1CCCC1. The van der Waals surface area contributed by atoms with E-state index >= 15 is 0 Å². The molecule has 1 saturated heterocycles. The molecule has 0 radical (unpaired) electrons. The van der Waals surface area contributed by atoms with Crippen LogP contribution in [-0.2, 0) is 6.54 Å². The molecule has 0 aromatic carbocycles. The van der Waals surface area contributed by atoms with Gasteiger partial charge < -0.3 is 15.2 Å². The lowest BCUT2D eigenvalue weighted by atomic mass is 10.2. The molecule has 1 aromatic rings. The van der Waals surface area contributed by atoms with E-state index in [4.69, 9.17) is 5.73 Å². The number of imidazole rings is 1. The fraction of sp³-hybridized carbons (Fsp3) is 0.769. The molecule has 0 unspecified atom stereocenters. The maximum absolute atomic E-state index is 6.06. The Bertz CT molecular complexity index is 328. The highest BCUT2D eigenvalue weighted by Crippen LogP contribution is 2.14. The van der Waals surface area contributed by atoms with Crippen molar-refractivity contribution in [2.75, 3.05) is 19.6 Å². The zero-order chi connectivity index (χ0) is 12.1. The number of nitrogens with two attached hydrogens (primary N) is 1. The standard InChI is InChI=1S/C13H24N4/c1-2-12(14)13-10-15-11-17(13)9-5-8-16-6-3-4-7-16/h10-12H,2-9,14H2,1H3/t12-/m1/s1. The van der Waals surface area contributed by atoms with Crippen LogP contribution < -0.4 is 5.73 Å². The van der Waals surface area contributed by atoms with Gasteiger partial charge >= 0.3 is 0 Å². The predicted octanol–water partition coefficient (Wildman–Crippen LogP) is 1.78. The molecule has 0 saturated carbocycles. The van der Waals surface area contributed by atoms with E-state index in [-0.39, 0.29) is 6.04 Å². The van der Waals surface area contributed by atoms with Gasteiger partial charge in [0.25, 0.3) is 0 Å². The second-order valence-electron chi connectivity index (χ2n) is 4.93. The number of aromatic nitrogens is 2. The molecule has 0 amide bonds. The van der Waals surface area contributed by atoms with Crippen LogP contribution in [0.2, 0.25) is 0 Å². The molecule has 0 spiro atoms. The largest absolute Gasteiger partial charge is 0.333 e. The minimum Gasteiger partial charge on any atom is -0.333 e. The minimum absolute atomic E-state index is 0.129. The summed E-state index contributed by atoms with van der Waals surface area (Å²) < 4.78 is 2.21. The smallest absolute Gasteiger partial charge is 0.0948 e. The third kappa shape index (κ3) is 3.30. The molecule has 1 atom stereocenters.